The topological polar surface area (TPSA) is 152 Å². The fourth-order valence-corrected chi connectivity index (χ4v) is 8.64. The summed E-state index contributed by atoms with van der Waals surface area (Å²) in [5.74, 6) is -1.51. The van der Waals surface area contributed by atoms with Crippen molar-refractivity contribution in [3.8, 4) is 22.4 Å². The lowest BCUT2D eigenvalue weighted by molar-refractivity contribution is -0.136. The van der Waals surface area contributed by atoms with Gasteiger partial charge in [0, 0.05) is 68.2 Å². The molecular weight excluding hydrogens is 709 g/mol. The van der Waals surface area contributed by atoms with E-state index in [1.54, 1.807) is 37.3 Å². The fourth-order valence-electron chi connectivity index (χ4n) is 8.64. The molecule has 5 aromatic rings. The van der Waals surface area contributed by atoms with E-state index < -0.39 is 23.8 Å². The van der Waals surface area contributed by atoms with Crippen molar-refractivity contribution in [2.24, 2.45) is 0 Å². The van der Waals surface area contributed by atoms with E-state index >= 15 is 0 Å². The molecular formula is C43H42N8O5. The molecule has 2 aromatic heterocycles. The zero-order valence-electron chi connectivity index (χ0n) is 31.5. The van der Waals surface area contributed by atoms with E-state index in [-0.39, 0.29) is 24.7 Å². The molecule has 13 heteroatoms. The number of amides is 5. The van der Waals surface area contributed by atoms with E-state index in [2.05, 4.69) is 49.4 Å². The van der Waals surface area contributed by atoms with E-state index in [4.69, 9.17) is 4.98 Å². The molecule has 284 valence electrons. The van der Waals surface area contributed by atoms with Gasteiger partial charge in [-0.15, -0.1) is 0 Å². The minimum Gasteiger partial charge on any atom is -0.368 e. The summed E-state index contributed by atoms with van der Waals surface area (Å²) in [5, 5.41) is 2.25. The molecule has 3 saturated heterocycles. The summed E-state index contributed by atoms with van der Waals surface area (Å²) in [6, 6.07) is 19.3. The van der Waals surface area contributed by atoms with E-state index in [1.165, 1.54) is 5.56 Å². The minimum atomic E-state index is -0.969. The first-order valence-electron chi connectivity index (χ1n) is 19.2. The maximum absolute atomic E-state index is 13.3. The van der Waals surface area contributed by atoms with Crippen molar-refractivity contribution in [2.75, 3.05) is 45.2 Å². The Morgan fingerprint density at radius 3 is 2.29 bits per heavy atom. The predicted octanol–water partition coefficient (Wildman–Crippen LogP) is 4.77. The van der Waals surface area contributed by atoms with Crippen LogP contribution in [-0.4, -0.2) is 112 Å². The zero-order valence-corrected chi connectivity index (χ0v) is 31.5. The molecule has 3 fully saturated rings. The van der Waals surface area contributed by atoms with Gasteiger partial charge in [-0.3, -0.25) is 39.1 Å². The highest BCUT2D eigenvalue weighted by Gasteiger charge is 2.45. The van der Waals surface area contributed by atoms with Gasteiger partial charge in [-0.05, 0) is 86.1 Å². The van der Waals surface area contributed by atoms with Gasteiger partial charge < -0.3 is 14.8 Å². The molecule has 0 bridgehead atoms. The number of fused-ring (bicyclic) bond motifs is 2. The number of anilines is 1. The maximum atomic E-state index is 13.3. The fraction of sp³-hybridized carbons (Fsp3) is 0.326. The number of aromatic amines is 1. The zero-order chi connectivity index (χ0) is 38.8. The second kappa shape index (κ2) is 13.8. The largest absolute Gasteiger partial charge is 0.368 e. The molecule has 1 unspecified atom stereocenters. The van der Waals surface area contributed by atoms with Gasteiger partial charge in [0.25, 0.3) is 17.7 Å². The van der Waals surface area contributed by atoms with Crippen LogP contribution in [0.4, 0.5) is 5.69 Å². The molecule has 2 N–H and O–H groups in total. The van der Waals surface area contributed by atoms with Gasteiger partial charge in [-0.2, -0.15) is 0 Å². The van der Waals surface area contributed by atoms with E-state index in [0.717, 1.165) is 83.1 Å². The third-order valence-corrected chi connectivity index (χ3v) is 11.9. The van der Waals surface area contributed by atoms with Crippen molar-refractivity contribution in [1.82, 2.24) is 35.0 Å². The SMILES string of the molecule is Cc1cc(-c2c[nH]c3ncc(-c4ccc(C5CCN(C6CN(c7ccc8c(c7)C(=O)N(C7CCC(=O)NC7=O)C8=O)C6)CC5)cc4)nc23)ccc1C(=O)N(C)C. The summed E-state index contributed by atoms with van der Waals surface area (Å²) in [6.07, 6.45) is 6.10. The summed E-state index contributed by atoms with van der Waals surface area (Å²) in [6.45, 7) is 5.64. The maximum Gasteiger partial charge on any atom is 0.262 e. The highest BCUT2D eigenvalue weighted by atomic mass is 16.2. The third-order valence-electron chi connectivity index (χ3n) is 11.9. The lowest BCUT2D eigenvalue weighted by atomic mass is 9.87. The summed E-state index contributed by atoms with van der Waals surface area (Å²) in [4.78, 5) is 83.4. The Labute approximate surface area is 323 Å². The number of aromatic nitrogens is 3. The number of rotatable bonds is 7. The van der Waals surface area contributed by atoms with Gasteiger partial charge in [-0.25, -0.2) is 9.97 Å². The van der Waals surface area contributed by atoms with Crippen molar-refractivity contribution in [2.45, 2.75) is 50.6 Å². The number of H-pyrrole nitrogens is 1. The van der Waals surface area contributed by atoms with Crippen molar-refractivity contribution >= 4 is 46.4 Å². The summed E-state index contributed by atoms with van der Waals surface area (Å²) in [7, 11) is 3.51. The van der Waals surface area contributed by atoms with Gasteiger partial charge >= 0.3 is 0 Å². The normalized spacial score (nSPS) is 19.4. The number of benzene rings is 3. The van der Waals surface area contributed by atoms with Crippen molar-refractivity contribution < 1.29 is 24.0 Å². The lowest BCUT2D eigenvalue weighted by Gasteiger charge is -2.48. The van der Waals surface area contributed by atoms with Crippen LogP contribution >= 0.6 is 0 Å². The van der Waals surface area contributed by atoms with E-state index in [0.29, 0.717) is 34.3 Å². The molecule has 9 rings (SSSR count). The Bertz CT molecular complexity index is 2440. The highest BCUT2D eigenvalue weighted by molar-refractivity contribution is 6.23. The molecule has 56 heavy (non-hydrogen) atoms. The third kappa shape index (κ3) is 6.12. The quantitative estimate of drug-likeness (QED) is 0.224. The second-order valence-electron chi connectivity index (χ2n) is 15.6. The molecule has 0 spiro atoms. The minimum absolute atomic E-state index is 0.0216. The standard InChI is InChI=1S/C43H42N8O5/c1-24-18-28(8-10-31(24)41(54)48(2)3)34-20-44-39-38(34)46-35(21-45-39)27-6-4-25(5-7-27)26-14-16-49(17-15-26)30-22-50(23-30)29-9-11-32-33(19-29)43(56)51(42(32)55)36-12-13-37(52)47-40(36)53/h4-11,18-21,26,30,36H,12-17,22-23H2,1-3H3,(H,44,45)(H,47,52,53). The van der Waals surface area contributed by atoms with Crippen molar-refractivity contribution in [3.63, 3.8) is 0 Å². The number of piperidine rings is 2. The van der Waals surface area contributed by atoms with Crippen LogP contribution in [0.5, 0.6) is 0 Å². The van der Waals surface area contributed by atoms with Crippen LogP contribution in [0.2, 0.25) is 0 Å². The van der Waals surface area contributed by atoms with Gasteiger partial charge in [0.15, 0.2) is 5.65 Å². The van der Waals surface area contributed by atoms with Crippen LogP contribution in [0.25, 0.3) is 33.5 Å². The number of aryl methyl sites for hydroxylation is 1. The van der Waals surface area contributed by atoms with Crippen LogP contribution in [-0.2, 0) is 9.59 Å². The molecule has 5 amide bonds. The van der Waals surface area contributed by atoms with Crippen molar-refractivity contribution in [1.29, 1.82) is 0 Å². The van der Waals surface area contributed by atoms with Crippen LogP contribution in [0.15, 0.2) is 73.1 Å². The summed E-state index contributed by atoms with van der Waals surface area (Å²) < 4.78 is 0. The molecule has 0 saturated carbocycles. The molecule has 1 atom stereocenters. The number of nitrogens with one attached hydrogen (secondary N) is 2. The first-order valence-corrected chi connectivity index (χ1v) is 19.2. The van der Waals surface area contributed by atoms with Crippen LogP contribution in [0, 0.1) is 6.92 Å². The first kappa shape index (κ1) is 35.5. The van der Waals surface area contributed by atoms with Gasteiger partial charge in [0.05, 0.1) is 23.0 Å². The first-order chi connectivity index (χ1) is 27.0. The van der Waals surface area contributed by atoms with Crippen LogP contribution in [0.3, 0.4) is 0 Å². The van der Waals surface area contributed by atoms with E-state index in [9.17, 15) is 24.0 Å². The number of hydrogen-bond acceptors (Lipinski definition) is 9. The van der Waals surface area contributed by atoms with Gasteiger partial charge in [-0.1, -0.05) is 36.4 Å². The number of nitrogens with zero attached hydrogens (tertiary/aromatic N) is 6. The Morgan fingerprint density at radius 1 is 0.839 bits per heavy atom. The smallest absolute Gasteiger partial charge is 0.262 e. The summed E-state index contributed by atoms with van der Waals surface area (Å²) >= 11 is 0. The van der Waals surface area contributed by atoms with Gasteiger partial charge in [0.1, 0.15) is 11.6 Å². The summed E-state index contributed by atoms with van der Waals surface area (Å²) in [5.41, 5.74) is 9.64. The number of imide groups is 2. The molecule has 3 aromatic carbocycles. The number of hydrogen-bond donors (Lipinski definition) is 2. The average molecular weight is 751 g/mol. The Kier molecular flexibility index (Phi) is 8.76. The van der Waals surface area contributed by atoms with Crippen LogP contribution in [0.1, 0.15) is 73.8 Å². The molecule has 13 nitrogen and oxygen atoms in total. The number of likely N-dealkylation sites (tertiary alicyclic amines) is 1. The Hall–Kier alpha value is -6.21. The average Bonchev–Trinajstić information content (AvgIpc) is 3.71. The number of carbonyl (C=O) groups is 5. The van der Waals surface area contributed by atoms with Crippen molar-refractivity contribution in [3.05, 3.63) is 101 Å². The van der Waals surface area contributed by atoms with E-state index in [1.807, 2.05) is 37.4 Å². The lowest BCUT2D eigenvalue weighted by Crippen LogP contribution is -2.60. The number of carbonyl (C=O) groups excluding carboxylic acids is 5. The Balaban J connectivity index is 0.809. The molecule has 0 radical (unpaired) electrons. The molecule has 0 aliphatic carbocycles. The van der Waals surface area contributed by atoms with Gasteiger partial charge in [0.2, 0.25) is 11.8 Å². The predicted molar refractivity (Wildman–Crippen MR) is 210 cm³/mol. The van der Waals surface area contributed by atoms with Crippen LogP contribution < -0.4 is 10.2 Å². The highest BCUT2D eigenvalue weighted by Crippen LogP contribution is 2.36. The monoisotopic (exact) mass is 750 g/mol. The Morgan fingerprint density at radius 2 is 1.57 bits per heavy atom. The molecule has 4 aliphatic heterocycles. The second-order valence-corrected chi connectivity index (χ2v) is 15.6. The molecule has 4 aliphatic rings. The molecule has 6 heterocycles.